The molecule has 3 aromatic rings. The maximum atomic E-state index is 12.7. The quantitative estimate of drug-likeness (QED) is 0.108. The number of hydrazone groups is 1. The number of urea groups is 1. The van der Waals surface area contributed by atoms with E-state index in [0.717, 1.165) is 5.56 Å². The van der Waals surface area contributed by atoms with Gasteiger partial charge in [-0.25, -0.2) is 19.8 Å². The summed E-state index contributed by atoms with van der Waals surface area (Å²) in [4.78, 5) is 49.4. The predicted octanol–water partition coefficient (Wildman–Crippen LogP) is 5.59. The number of esters is 2. The van der Waals surface area contributed by atoms with Crippen molar-refractivity contribution in [3.63, 3.8) is 0 Å². The van der Waals surface area contributed by atoms with E-state index in [4.69, 9.17) is 35.3 Å². The fourth-order valence-electron chi connectivity index (χ4n) is 4.69. The number of nitrogens with zero attached hydrogens (tertiary/aromatic N) is 1. The van der Waals surface area contributed by atoms with Gasteiger partial charge < -0.3 is 34.3 Å². The number of hydrogen-bond donors (Lipinski definition) is 3. The lowest BCUT2D eigenvalue weighted by molar-refractivity contribution is -0.139. The van der Waals surface area contributed by atoms with Gasteiger partial charge in [-0.3, -0.25) is 4.79 Å². The minimum absolute atomic E-state index is 0.167. The number of methoxy groups -OCH3 is 1. The minimum atomic E-state index is -0.800. The fourth-order valence-corrected chi connectivity index (χ4v) is 5.64. The summed E-state index contributed by atoms with van der Waals surface area (Å²) in [6.45, 7) is 5.27. The molecule has 1 aliphatic heterocycles. The SMILES string of the molecule is CCOC(=O)C1=C(C)NC(=O)N[C@H]1c1ccc(OCC(=O)N/N=C/c2cc(Cl)cc(Br)c2OCc2ccc(C(=O)OCC)cc2)c(OC)c1. The molecular weight excluding hydrogens is 724 g/mol. The molecule has 258 valence electrons. The van der Waals surface area contributed by atoms with Crippen LogP contribution >= 0.6 is 27.5 Å². The van der Waals surface area contributed by atoms with E-state index in [1.165, 1.54) is 13.3 Å². The molecule has 0 bridgehead atoms. The lowest BCUT2D eigenvalue weighted by atomic mass is 9.95. The molecule has 49 heavy (non-hydrogen) atoms. The number of benzene rings is 3. The molecule has 0 spiro atoms. The zero-order valence-corrected chi connectivity index (χ0v) is 29.4. The highest BCUT2D eigenvalue weighted by Gasteiger charge is 2.32. The molecule has 15 heteroatoms. The van der Waals surface area contributed by atoms with E-state index in [9.17, 15) is 19.2 Å². The summed E-state index contributed by atoms with van der Waals surface area (Å²) in [5, 5.41) is 9.75. The molecule has 0 aliphatic carbocycles. The number of amides is 3. The predicted molar refractivity (Wildman–Crippen MR) is 184 cm³/mol. The summed E-state index contributed by atoms with van der Waals surface area (Å²) in [5.41, 5.74) is 5.28. The van der Waals surface area contributed by atoms with Crippen molar-refractivity contribution in [2.24, 2.45) is 5.10 Å². The number of ether oxygens (including phenoxy) is 5. The molecule has 1 aliphatic rings. The molecule has 3 amide bonds. The Morgan fingerprint density at radius 2 is 1.69 bits per heavy atom. The Morgan fingerprint density at radius 3 is 2.39 bits per heavy atom. The molecule has 0 aromatic heterocycles. The highest BCUT2D eigenvalue weighted by molar-refractivity contribution is 9.10. The van der Waals surface area contributed by atoms with Crippen LogP contribution in [-0.4, -0.2) is 57.0 Å². The van der Waals surface area contributed by atoms with Crippen LogP contribution in [0.2, 0.25) is 5.02 Å². The molecule has 13 nitrogen and oxygen atoms in total. The van der Waals surface area contributed by atoms with Crippen LogP contribution in [0.25, 0.3) is 0 Å². The van der Waals surface area contributed by atoms with Gasteiger partial charge in [0.05, 0.1) is 48.2 Å². The molecule has 1 heterocycles. The highest BCUT2D eigenvalue weighted by atomic mass is 79.9. The second-order valence-electron chi connectivity index (χ2n) is 10.3. The molecule has 0 saturated carbocycles. The Bertz CT molecular complexity index is 1780. The lowest BCUT2D eigenvalue weighted by Gasteiger charge is -2.28. The van der Waals surface area contributed by atoms with Crippen molar-refractivity contribution >= 4 is 57.6 Å². The second-order valence-corrected chi connectivity index (χ2v) is 11.6. The van der Waals surface area contributed by atoms with E-state index in [0.29, 0.717) is 37.6 Å². The number of halogens is 2. The fraction of sp³-hybridized carbons (Fsp3) is 0.265. The van der Waals surface area contributed by atoms with E-state index in [2.05, 4.69) is 37.1 Å². The topological polar surface area (TPSA) is 163 Å². The van der Waals surface area contributed by atoms with Crippen LogP contribution in [0.5, 0.6) is 17.2 Å². The van der Waals surface area contributed by atoms with Gasteiger partial charge in [-0.1, -0.05) is 29.8 Å². The average molecular weight is 758 g/mol. The van der Waals surface area contributed by atoms with Gasteiger partial charge in [0.2, 0.25) is 0 Å². The normalized spacial score (nSPS) is 14.1. The maximum Gasteiger partial charge on any atom is 0.338 e. The monoisotopic (exact) mass is 756 g/mol. The molecular formula is C34H34BrClN4O9. The summed E-state index contributed by atoms with van der Waals surface area (Å²) >= 11 is 9.71. The van der Waals surface area contributed by atoms with Crippen LogP contribution in [0.1, 0.15) is 53.9 Å². The van der Waals surface area contributed by atoms with Gasteiger partial charge in [0.15, 0.2) is 18.1 Å². The molecule has 3 N–H and O–H groups in total. The van der Waals surface area contributed by atoms with E-state index in [1.807, 2.05) is 0 Å². The van der Waals surface area contributed by atoms with Gasteiger partial charge in [-0.2, -0.15) is 5.10 Å². The van der Waals surface area contributed by atoms with Gasteiger partial charge in [0.25, 0.3) is 5.91 Å². The van der Waals surface area contributed by atoms with Gasteiger partial charge in [0.1, 0.15) is 12.4 Å². The van der Waals surface area contributed by atoms with Crippen LogP contribution in [0.3, 0.4) is 0 Å². The molecule has 0 saturated heterocycles. The highest BCUT2D eigenvalue weighted by Crippen LogP contribution is 2.35. The minimum Gasteiger partial charge on any atom is -0.493 e. The smallest absolute Gasteiger partial charge is 0.338 e. The average Bonchev–Trinajstić information content (AvgIpc) is 3.06. The zero-order valence-electron chi connectivity index (χ0n) is 27.1. The second kappa shape index (κ2) is 17.4. The summed E-state index contributed by atoms with van der Waals surface area (Å²) in [7, 11) is 1.42. The standard InChI is InChI=1S/C34H34BrClN4O9/c1-5-46-32(42)21-9-7-20(8-10-21)17-49-31-23(13-24(36)15-25(31)35)16-37-40-28(41)18-48-26-12-11-22(14-27(26)45-4)30-29(33(43)47-6-2)19(3)38-34(44)39-30/h7-16,30H,5-6,17-18H2,1-4H3,(H,40,41)(H2,38,39,44)/b37-16+/t30-/m0/s1. The van der Waals surface area contributed by atoms with Gasteiger partial charge in [-0.15, -0.1) is 0 Å². The Balaban J connectivity index is 1.39. The third kappa shape index (κ3) is 9.74. The molecule has 3 aromatic carbocycles. The van der Waals surface area contributed by atoms with Crippen LogP contribution in [0, 0.1) is 0 Å². The van der Waals surface area contributed by atoms with Crippen molar-refractivity contribution in [1.29, 1.82) is 0 Å². The first kappa shape index (κ1) is 36.8. The molecule has 0 unspecified atom stereocenters. The first-order valence-corrected chi connectivity index (χ1v) is 16.2. The summed E-state index contributed by atoms with van der Waals surface area (Å²) in [5.74, 6) is -0.598. The van der Waals surface area contributed by atoms with Crippen LogP contribution in [0.4, 0.5) is 4.79 Å². The van der Waals surface area contributed by atoms with Crippen molar-refractivity contribution in [2.75, 3.05) is 26.9 Å². The summed E-state index contributed by atoms with van der Waals surface area (Å²) in [6, 6.07) is 13.7. The van der Waals surface area contributed by atoms with E-state index in [1.54, 1.807) is 75.4 Å². The number of allylic oxidation sites excluding steroid dienone is 1. The van der Waals surface area contributed by atoms with E-state index >= 15 is 0 Å². The summed E-state index contributed by atoms with van der Waals surface area (Å²) in [6.07, 6.45) is 1.38. The van der Waals surface area contributed by atoms with Crippen molar-refractivity contribution in [1.82, 2.24) is 16.1 Å². The Labute approximate surface area is 296 Å². The Hall–Kier alpha value is -5.08. The van der Waals surface area contributed by atoms with Gasteiger partial charge in [0, 0.05) is 16.3 Å². The number of rotatable bonds is 14. The van der Waals surface area contributed by atoms with Gasteiger partial charge >= 0.3 is 18.0 Å². The summed E-state index contributed by atoms with van der Waals surface area (Å²) < 4.78 is 27.9. The van der Waals surface area contributed by atoms with E-state index in [-0.39, 0.29) is 36.9 Å². The third-order valence-corrected chi connectivity index (χ3v) is 7.73. The first-order chi connectivity index (χ1) is 23.5. The van der Waals surface area contributed by atoms with Crippen LogP contribution in [-0.2, 0) is 25.7 Å². The molecule has 0 fully saturated rings. The largest absolute Gasteiger partial charge is 0.493 e. The third-order valence-electron chi connectivity index (χ3n) is 6.92. The van der Waals surface area contributed by atoms with Gasteiger partial charge in [-0.05, 0) is 84.2 Å². The number of nitrogens with one attached hydrogen (secondary N) is 3. The molecule has 0 radical (unpaired) electrons. The molecule has 4 rings (SSSR count). The Kier molecular flexibility index (Phi) is 13.0. The first-order valence-electron chi connectivity index (χ1n) is 15.0. The molecule has 1 atom stereocenters. The van der Waals surface area contributed by atoms with Crippen molar-refractivity contribution in [3.05, 3.63) is 97.6 Å². The van der Waals surface area contributed by atoms with Crippen molar-refractivity contribution < 1.29 is 42.9 Å². The Morgan fingerprint density at radius 1 is 0.980 bits per heavy atom. The van der Waals surface area contributed by atoms with Crippen LogP contribution in [0.15, 0.2) is 75.4 Å². The zero-order chi connectivity index (χ0) is 35.5. The maximum absolute atomic E-state index is 12.7. The number of carbonyl (C=O) groups excluding carboxylic acids is 4. The number of hydrogen-bond acceptors (Lipinski definition) is 10. The lowest BCUT2D eigenvalue weighted by Crippen LogP contribution is -2.45. The number of carbonyl (C=O) groups is 4. The van der Waals surface area contributed by atoms with Crippen molar-refractivity contribution in [3.8, 4) is 17.2 Å². The van der Waals surface area contributed by atoms with Crippen LogP contribution < -0.4 is 30.3 Å². The van der Waals surface area contributed by atoms with E-state index < -0.39 is 36.5 Å². The van der Waals surface area contributed by atoms with Crippen molar-refractivity contribution in [2.45, 2.75) is 33.4 Å².